The molecule has 0 aliphatic carbocycles. The second kappa shape index (κ2) is 10.9. The first-order chi connectivity index (χ1) is 25.3. The smallest absolute Gasteiger partial charge is 0.167 e. The summed E-state index contributed by atoms with van der Waals surface area (Å²) in [5, 5.41) is 6.69. The molecule has 0 aliphatic rings. The maximum Gasteiger partial charge on any atom is 0.167 e. The quantitative estimate of drug-likeness (QED) is 0.186. The summed E-state index contributed by atoms with van der Waals surface area (Å²) < 4.78 is 15.2. The molecule has 238 valence electrons. The minimum atomic E-state index is 0.568. The third-order valence-electron chi connectivity index (χ3n) is 9.77. The molecule has 0 atom stereocenters. The lowest BCUT2D eigenvalue weighted by Crippen LogP contribution is -2.00. The molecule has 11 aromatic rings. The van der Waals surface area contributed by atoms with E-state index in [9.17, 15) is 0 Å². The van der Waals surface area contributed by atoms with Gasteiger partial charge in [-0.2, -0.15) is 0 Å². The minimum absolute atomic E-state index is 0.568. The van der Waals surface area contributed by atoms with E-state index in [1.54, 1.807) is 11.3 Å². The predicted octanol–water partition coefficient (Wildman–Crippen LogP) is 12.7. The van der Waals surface area contributed by atoms with Crippen LogP contribution in [0.25, 0.3) is 109 Å². The fourth-order valence-corrected chi connectivity index (χ4v) is 8.76. The number of rotatable bonds is 4. The highest BCUT2D eigenvalue weighted by atomic mass is 32.1. The van der Waals surface area contributed by atoms with E-state index in [0.29, 0.717) is 17.5 Å². The number of thiophene rings is 1. The zero-order chi connectivity index (χ0) is 33.5. The van der Waals surface area contributed by atoms with Crippen molar-refractivity contribution in [2.45, 2.75) is 0 Å². The van der Waals surface area contributed by atoms with E-state index < -0.39 is 0 Å². The molecule has 0 aliphatic heterocycles. The van der Waals surface area contributed by atoms with Gasteiger partial charge in [-0.15, -0.1) is 11.3 Å². The molecule has 6 heteroatoms. The number of benzene rings is 7. The topological polar surface area (TPSA) is 65.0 Å². The van der Waals surface area contributed by atoms with E-state index >= 15 is 0 Å². The molecule has 51 heavy (non-hydrogen) atoms. The summed E-state index contributed by atoms with van der Waals surface area (Å²) in [6.07, 6.45) is 0. The van der Waals surface area contributed by atoms with E-state index in [4.69, 9.17) is 23.8 Å². The summed E-state index contributed by atoms with van der Waals surface area (Å²) in [5.41, 5.74) is 8.32. The molecule has 0 bridgehead atoms. The van der Waals surface area contributed by atoms with E-state index in [2.05, 4.69) is 78.9 Å². The third-order valence-corrected chi connectivity index (χ3v) is 11.1. The molecule has 0 amide bonds. The van der Waals surface area contributed by atoms with Gasteiger partial charge >= 0.3 is 0 Å². The Morgan fingerprint density at radius 1 is 0.333 bits per heavy atom. The first-order valence-electron chi connectivity index (χ1n) is 16.9. The third kappa shape index (κ3) is 4.30. The summed E-state index contributed by atoms with van der Waals surface area (Å²) in [4.78, 5) is 15.4. The van der Waals surface area contributed by atoms with Crippen molar-refractivity contribution in [3.05, 3.63) is 152 Å². The van der Waals surface area contributed by atoms with Gasteiger partial charge in [-0.1, -0.05) is 127 Å². The Balaban J connectivity index is 1.15. The van der Waals surface area contributed by atoms with E-state index in [1.807, 2.05) is 72.8 Å². The van der Waals surface area contributed by atoms with Crippen molar-refractivity contribution in [3.8, 4) is 45.3 Å². The second-order valence-corrected chi connectivity index (χ2v) is 13.7. The lowest BCUT2D eigenvalue weighted by molar-refractivity contribution is 0.669. The number of furan rings is 2. The maximum absolute atomic E-state index is 6.48. The number of nitrogens with zero attached hydrogens (tertiary/aromatic N) is 3. The van der Waals surface area contributed by atoms with Crippen LogP contribution >= 0.6 is 11.3 Å². The van der Waals surface area contributed by atoms with Gasteiger partial charge in [0.15, 0.2) is 17.5 Å². The van der Waals surface area contributed by atoms with Crippen molar-refractivity contribution in [2.75, 3.05) is 0 Å². The van der Waals surface area contributed by atoms with Crippen LogP contribution in [0.1, 0.15) is 0 Å². The molecule has 0 saturated heterocycles. The van der Waals surface area contributed by atoms with Gasteiger partial charge in [0, 0.05) is 64.0 Å². The number of hydrogen-bond acceptors (Lipinski definition) is 6. The Labute approximate surface area is 295 Å². The van der Waals surface area contributed by atoms with Gasteiger partial charge in [0.2, 0.25) is 0 Å². The molecule has 0 radical (unpaired) electrons. The minimum Gasteiger partial charge on any atom is -0.455 e. The van der Waals surface area contributed by atoms with Crippen LogP contribution in [0.5, 0.6) is 0 Å². The Morgan fingerprint density at radius 3 is 1.45 bits per heavy atom. The van der Waals surface area contributed by atoms with Crippen molar-refractivity contribution in [1.82, 2.24) is 15.0 Å². The molecular formula is C45H25N3O2S. The number of aromatic nitrogens is 3. The fraction of sp³-hybridized carbons (Fsp3) is 0. The molecule has 0 N–H and O–H groups in total. The summed E-state index contributed by atoms with van der Waals surface area (Å²) in [5.74, 6) is 1.79. The Kier molecular flexibility index (Phi) is 6.05. The van der Waals surface area contributed by atoms with Gasteiger partial charge in [0.25, 0.3) is 0 Å². The molecule has 0 spiro atoms. The zero-order valence-electron chi connectivity index (χ0n) is 27.0. The van der Waals surface area contributed by atoms with Crippen LogP contribution in [0.2, 0.25) is 0 Å². The monoisotopic (exact) mass is 671 g/mol. The SMILES string of the molecule is c1ccc(-c2nc(-c3cccc4c3oc3ccccc34)nc(-c3cccc4c3sc3c(-c5cccc6c5oc5ccccc56)cccc34)n2)cc1. The van der Waals surface area contributed by atoms with E-state index in [-0.39, 0.29) is 0 Å². The van der Waals surface area contributed by atoms with Crippen molar-refractivity contribution in [2.24, 2.45) is 0 Å². The molecular weight excluding hydrogens is 647 g/mol. The van der Waals surface area contributed by atoms with Gasteiger partial charge < -0.3 is 8.83 Å². The van der Waals surface area contributed by atoms with Crippen LogP contribution in [-0.4, -0.2) is 15.0 Å². The van der Waals surface area contributed by atoms with Gasteiger partial charge in [0.1, 0.15) is 22.3 Å². The van der Waals surface area contributed by atoms with Crippen LogP contribution in [0, 0.1) is 0 Å². The molecule has 4 aromatic heterocycles. The van der Waals surface area contributed by atoms with Crippen LogP contribution in [0.15, 0.2) is 160 Å². The largest absolute Gasteiger partial charge is 0.455 e. The first-order valence-corrected chi connectivity index (χ1v) is 17.7. The molecule has 0 unspecified atom stereocenters. The molecule has 4 heterocycles. The highest BCUT2D eigenvalue weighted by molar-refractivity contribution is 7.26. The van der Waals surface area contributed by atoms with E-state index in [1.165, 1.54) is 10.1 Å². The lowest BCUT2D eigenvalue weighted by atomic mass is 10.00. The zero-order valence-corrected chi connectivity index (χ0v) is 27.8. The van der Waals surface area contributed by atoms with E-state index in [0.717, 1.165) is 81.8 Å². The summed E-state index contributed by atoms with van der Waals surface area (Å²) >= 11 is 1.77. The Morgan fingerprint density at radius 2 is 0.784 bits per heavy atom. The second-order valence-electron chi connectivity index (χ2n) is 12.7. The average Bonchev–Trinajstić information content (AvgIpc) is 3.89. The van der Waals surface area contributed by atoms with Crippen LogP contribution < -0.4 is 0 Å². The summed E-state index contributed by atoms with van der Waals surface area (Å²) in [7, 11) is 0. The fourth-order valence-electron chi connectivity index (χ4n) is 7.42. The highest BCUT2D eigenvalue weighted by Crippen LogP contribution is 2.46. The molecule has 0 saturated carbocycles. The van der Waals surface area contributed by atoms with Gasteiger partial charge in [-0.05, 0) is 24.3 Å². The van der Waals surface area contributed by atoms with Crippen LogP contribution in [-0.2, 0) is 0 Å². The van der Waals surface area contributed by atoms with Crippen molar-refractivity contribution in [3.63, 3.8) is 0 Å². The molecule has 0 fully saturated rings. The number of fused-ring (bicyclic) bond motifs is 9. The van der Waals surface area contributed by atoms with Gasteiger partial charge in [-0.25, -0.2) is 15.0 Å². The normalized spacial score (nSPS) is 11.9. The summed E-state index contributed by atoms with van der Waals surface area (Å²) in [6.45, 7) is 0. The highest BCUT2D eigenvalue weighted by Gasteiger charge is 2.21. The summed E-state index contributed by atoms with van der Waals surface area (Å²) in [6, 6.07) is 52.0. The van der Waals surface area contributed by atoms with Crippen LogP contribution in [0.4, 0.5) is 0 Å². The molecule has 7 aromatic carbocycles. The van der Waals surface area contributed by atoms with Crippen molar-refractivity contribution >= 4 is 75.4 Å². The lowest BCUT2D eigenvalue weighted by Gasteiger charge is -2.09. The maximum atomic E-state index is 6.48. The van der Waals surface area contributed by atoms with Crippen molar-refractivity contribution in [1.29, 1.82) is 0 Å². The standard InChI is InChI=1S/C45H25N3O2S/c1-2-12-26(13-3-1)43-46-44(35-22-9-17-30-28-15-5-7-25-38(28)50-40(30)35)48-45(47-43)36-23-11-21-34-33-20-10-19-32(41(33)51-42(34)36)31-18-8-16-29-27-14-4-6-24-37(27)49-39(29)31/h1-25H. The van der Waals surface area contributed by atoms with Gasteiger partial charge in [0.05, 0.1) is 5.56 Å². The number of hydrogen-bond donors (Lipinski definition) is 0. The number of para-hydroxylation sites is 4. The molecule has 5 nitrogen and oxygen atoms in total. The first kappa shape index (κ1) is 28.2. The predicted molar refractivity (Wildman–Crippen MR) is 209 cm³/mol. The van der Waals surface area contributed by atoms with Crippen LogP contribution in [0.3, 0.4) is 0 Å². The average molecular weight is 672 g/mol. The van der Waals surface area contributed by atoms with Gasteiger partial charge in [-0.3, -0.25) is 0 Å². The Hall–Kier alpha value is -6.63. The Bertz CT molecular complexity index is 3160. The van der Waals surface area contributed by atoms with Crippen molar-refractivity contribution < 1.29 is 8.83 Å². The molecule has 11 rings (SSSR count).